The summed E-state index contributed by atoms with van der Waals surface area (Å²) >= 11 is 0. The van der Waals surface area contributed by atoms with Gasteiger partial charge in [-0.3, -0.25) is 0 Å². The fourth-order valence-electron chi connectivity index (χ4n) is 2.63. The molecule has 0 bridgehead atoms. The molecule has 1 N–H and O–H groups in total. The highest BCUT2D eigenvalue weighted by Gasteiger charge is 2.10. The number of nitrogens with zero attached hydrogens (tertiary/aromatic N) is 4. The van der Waals surface area contributed by atoms with Crippen LogP contribution in [0.4, 0.5) is 16.2 Å². The van der Waals surface area contributed by atoms with Crippen molar-refractivity contribution in [2.24, 2.45) is 0 Å². The molecule has 1 aromatic heterocycles. The molecule has 3 rings (SSSR count). The van der Waals surface area contributed by atoms with E-state index in [-0.39, 0.29) is 5.82 Å². The lowest BCUT2D eigenvalue weighted by atomic mass is 10.1. The maximum Gasteiger partial charge on any atom is 0.247 e. The highest BCUT2D eigenvalue weighted by molar-refractivity contribution is 5.39. The van der Waals surface area contributed by atoms with Crippen molar-refractivity contribution < 1.29 is 4.39 Å². The van der Waals surface area contributed by atoms with Gasteiger partial charge >= 0.3 is 0 Å². The minimum absolute atomic E-state index is 0.218. The molecule has 0 radical (unpaired) electrons. The van der Waals surface area contributed by atoms with Gasteiger partial charge in [-0.1, -0.05) is 42.5 Å². The van der Waals surface area contributed by atoms with Gasteiger partial charge in [-0.2, -0.15) is 10.1 Å². The van der Waals surface area contributed by atoms with Gasteiger partial charge < -0.3 is 10.2 Å². The van der Waals surface area contributed by atoms with Crippen LogP contribution in [0.5, 0.6) is 0 Å². The first-order valence-electron chi connectivity index (χ1n) is 8.71. The Morgan fingerprint density at radius 3 is 2.50 bits per heavy atom. The predicted octanol–water partition coefficient (Wildman–Crippen LogP) is 3.69. The lowest BCUT2D eigenvalue weighted by Crippen LogP contribution is -2.25. The van der Waals surface area contributed by atoms with Crippen LogP contribution in [0.2, 0.25) is 0 Å². The molecule has 0 amide bonds. The van der Waals surface area contributed by atoms with Crippen LogP contribution in [0.25, 0.3) is 0 Å². The fraction of sp³-hybridized carbons (Fsp3) is 0.250. The van der Waals surface area contributed by atoms with Gasteiger partial charge in [0.2, 0.25) is 5.95 Å². The van der Waals surface area contributed by atoms with E-state index in [9.17, 15) is 4.39 Å². The van der Waals surface area contributed by atoms with Gasteiger partial charge in [0.05, 0.1) is 6.20 Å². The third kappa shape index (κ3) is 4.99. The minimum Gasteiger partial charge on any atom is -0.368 e. The van der Waals surface area contributed by atoms with Crippen molar-refractivity contribution in [3.8, 4) is 0 Å². The summed E-state index contributed by atoms with van der Waals surface area (Å²) in [4.78, 5) is 6.64. The Balaban J connectivity index is 1.60. The average Bonchev–Trinajstić information content (AvgIpc) is 2.69. The van der Waals surface area contributed by atoms with E-state index in [1.807, 2.05) is 18.2 Å². The van der Waals surface area contributed by atoms with Gasteiger partial charge in [0.15, 0.2) is 5.82 Å². The molecule has 5 nitrogen and oxygen atoms in total. The third-order valence-electron chi connectivity index (χ3n) is 4.06. The number of rotatable bonds is 8. The van der Waals surface area contributed by atoms with Gasteiger partial charge in [0.25, 0.3) is 0 Å². The normalized spacial score (nSPS) is 10.5. The standard InChI is InChI=1S/C20H22FN5/c1-2-26(15-17-6-4-3-5-7-17)20-24-19(14-23-25-20)22-13-12-16-8-10-18(21)11-9-16/h3-11,14H,2,12-13,15H2,1H3,(H,22,24,25). The van der Waals surface area contributed by atoms with Crippen LogP contribution < -0.4 is 10.2 Å². The first kappa shape index (κ1) is 17.8. The number of hydrogen-bond donors (Lipinski definition) is 1. The molecule has 6 heteroatoms. The molecule has 0 spiro atoms. The minimum atomic E-state index is -0.218. The number of aromatic nitrogens is 3. The largest absolute Gasteiger partial charge is 0.368 e. The molecule has 1 heterocycles. The molecule has 0 saturated heterocycles. The Morgan fingerprint density at radius 1 is 1.00 bits per heavy atom. The number of halogens is 1. The molecule has 0 aliphatic carbocycles. The molecule has 3 aromatic rings. The molecule has 0 saturated carbocycles. The Bertz CT molecular complexity index is 808. The summed E-state index contributed by atoms with van der Waals surface area (Å²) in [5, 5.41) is 11.5. The van der Waals surface area contributed by atoms with Gasteiger partial charge in [-0.05, 0) is 36.6 Å². The Kier molecular flexibility index (Phi) is 6.09. The molecule has 0 unspecified atom stereocenters. The average molecular weight is 351 g/mol. The highest BCUT2D eigenvalue weighted by atomic mass is 19.1. The van der Waals surface area contributed by atoms with Crippen molar-refractivity contribution in [1.29, 1.82) is 0 Å². The van der Waals surface area contributed by atoms with Crippen molar-refractivity contribution in [3.63, 3.8) is 0 Å². The van der Waals surface area contributed by atoms with Crippen LogP contribution in [-0.2, 0) is 13.0 Å². The van der Waals surface area contributed by atoms with E-state index in [0.717, 1.165) is 25.1 Å². The molecular formula is C20H22FN5. The van der Waals surface area contributed by atoms with Crippen LogP contribution in [0, 0.1) is 5.82 Å². The number of anilines is 2. The summed E-state index contributed by atoms with van der Waals surface area (Å²) in [7, 11) is 0. The quantitative estimate of drug-likeness (QED) is 0.671. The van der Waals surface area contributed by atoms with Gasteiger partial charge in [0, 0.05) is 19.6 Å². The molecule has 2 aromatic carbocycles. The van der Waals surface area contributed by atoms with E-state index in [4.69, 9.17) is 0 Å². The zero-order valence-corrected chi connectivity index (χ0v) is 14.8. The van der Waals surface area contributed by atoms with Crippen molar-refractivity contribution in [2.45, 2.75) is 19.9 Å². The second kappa shape index (κ2) is 8.89. The molecule has 0 atom stereocenters. The van der Waals surface area contributed by atoms with E-state index in [0.29, 0.717) is 18.3 Å². The second-order valence-corrected chi connectivity index (χ2v) is 5.94. The summed E-state index contributed by atoms with van der Waals surface area (Å²) in [6.07, 6.45) is 2.39. The van der Waals surface area contributed by atoms with Crippen molar-refractivity contribution in [3.05, 3.63) is 77.7 Å². The van der Waals surface area contributed by atoms with Crippen molar-refractivity contribution in [1.82, 2.24) is 15.2 Å². The summed E-state index contributed by atoms with van der Waals surface area (Å²) < 4.78 is 12.9. The van der Waals surface area contributed by atoms with Gasteiger partial charge in [0.1, 0.15) is 5.82 Å². The molecule has 0 aliphatic heterocycles. The SMILES string of the molecule is CCN(Cc1ccccc1)c1nncc(NCCc2ccc(F)cc2)n1. The molecule has 134 valence electrons. The maximum absolute atomic E-state index is 12.9. The fourth-order valence-corrected chi connectivity index (χ4v) is 2.63. The highest BCUT2D eigenvalue weighted by Crippen LogP contribution is 2.13. The molecular weight excluding hydrogens is 329 g/mol. The maximum atomic E-state index is 12.9. The topological polar surface area (TPSA) is 53.9 Å². The van der Waals surface area contributed by atoms with E-state index in [2.05, 4.69) is 44.5 Å². The van der Waals surface area contributed by atoms with E-state index < -0.39 is 0 Å². The monoisotopic (exact) mass is 351 g/mol. The van der Waals surface area contributed by atoms with Gasteiger partial charge in [-0.15, -0.1) is 5.10 Å². The summed E-state index contributed by atoms with van der Waals surface area (Å²) in [6.45, 7) is 4.28. The lowest BCUT2D eigenvalue weighted by Gasteiger charge is -2.20. The smallest absolute Gasteiger partial charge is 0.247 e. The van der Waals surface area contributed by atoms with Crippen LogP contribution in [0.1, 0.15) is 18.1 Å². The Morgan fingerprint density at radius 2 is 1.77 bits per heavy atom. The summed E-state index contributed by atoms with van der Waals surface area (Å²) in [6, 6.07) is 16.8. The van der Waals surface area contributed by atoms with E-state index in [1.54, 1.807) is 18.3 Å². The molecule has 0 aliphatic rings. The predicted molar refractivity (Wildman–Crippen MR) is 102 cm³/mol. The molecule has 0 fully saturated rings. The number of nitrogens with one attached hydrogen (secondary N) is 1. The number of benzene rings is 2. The second-order valence-electron chi connectivity index (χ2n) is 5.94. The summed E-state index contributed by atoms with van der Waals surface area (Å²) in [5.74, 6) is 1.07. The zero-order valence-electron chi connectivity index (χ0n) is 14.8. The van der Waals surface area contributed by atoms with Crippen LogP contribution in [0.3, 0.4) is 0 Å². The van der Waals surface area contributed by atoms with Crippen molar-refractivity contribution >= 4 is 11.8 Å². The van der Waals surface area contributed by atoms with Crippen LogP contribution in [-0.4, -0.2) is 28.3 Å². The van der Waals surface area contributed by atoms with Crippen LogP contribution >= 0.6 is 0 Å². The summed E-state index contributed by atoms with van der Waals surface area (Å²) in [5.41, 5.74) is 2.27. The molecule has 26 heavy (non-hydrogen) atoms. The Labute approximate surface area is 152 Å². The Hall–Kier alpha value is -3.02. The van der Waals surface area contributed by atoms with E-state index in [1.165, 1.54) is 17.7 Å². The first-order chi connectivity index (χ1) is 12.7. The first-order valence-corrected chi connectivity index (χ1v) is 8.71. The lowest BCUT2D eigenvalue weighted by molar-refractivity contribution is 0.627. The van der Waals surface area contributed by atoms with Crippen molar-refractivity contribution in [2.75, 3.05) is 23.3 Å². The van der Waals surface area contributed by atoms with Crippen LogP contribution in [0.15, 0.2) is 60.8 Å². The van der Waals surface area contributed by atoms with Gasteiger partial charge in [-0.25, -0.2) is 4.39 Å². The third-order valence-corrected chi connectivity index (χ3v) is 4.06. The number of hydrogen-bond acceptors (Lipinski definition) is 5. The zero-order chi connectivity index (χ0) is 18.2. The van der Waals surface area contributed by atoms with E-state index >= 15 is 0 Å².